The third-order valence-corrected chi connectivity index (χ3v) is 6.11. The van der Waals surface area contributed by atoms with Crippen molar-refractivity contribution in [1.29, 1.82) is 0 Å². The van der Waals surface area contributed by atoms with E-state index in [-0.39, 0.29) is 5.91 Å². The van der Waals surface area contributed by atoms with E-state index in [1.165, 1.54) is 63.3 Å². The predicted octanol–water partition coefficient (Wildman–Crippen LogP) is 3.08. The molecule has 1 aromatic carbocycles. The highest BCUT2D eigenvalue weighted by Gasteiger charge is 2.27. The number of amides is 1. The van der Waals surface area contributed by atoms with E-state index in [4.69, 9.17) is 0 Å². The molecule has 2 aliphatic rings. The minimum absolute atomic E-state index is 0.00289. The van der Waals surface area contributed by atoms with Crippen LogP contribution in [-0.2, 0) is 0 Å². The fraction of sp³-hybridized carbons (Fsp3) is 0.611. The summed E-state index contributed by atoms with van der Waals surface area (Å²) in [5, 5.41) is 3.11. The van der Waals surface area contributed by atoms with Crippen molar-refractivity contribution in [3.63, 3.8) is 0 Å². The molecule has 1 saturated carbocycles. The number of hydrogen-bond acceptors (Lipinski definition) is 5. The van der Waals surface area contributed by atoms with Gasteiger partial charge in [0.25, 0.3) is 5.91 Å². The lowest BCUT2D eigenvalue weighted by Crippen LogP contribution is -2.42. The van der Waals surface area contributed by atoms with Crippen molar-refractivity contribution >= 4 is 28.7 Å². The van der Waals surface area contributed by atoms with Gasteiger partial charge in [0.05, 0.1) is 11.7 Å². The van der Waals surface area contributed by atoms with Crippen LogP contribution in [0.1, 0.15) is 48.9 Å². The molecule has 1 aliphatic heterocycles. The molecule has 0 spiro atoms. The summed E-state index contributed by atoms with van der Waals surface area (Å²) in [4.78, 5) is 15.0. The Morgan fingerprint density at radius 3 is 2.67 bits per heavy atom. The van der Waals surface area contributed by atoms with Gasteiger partial charge >= 0.3 is 0 Å². The molecule has 4 rings (SSSR count). The van der Waals surface area contributed by atoms with Crippen molar-refractivity contribution in [3.05, 3.63) is 23.8 Å². The van der Waals surface area contributed by atoms with Gasteiger partial charge in [-0.3, -0.25) is 4.79 Å². The smallest absolute Gasteiger partial charge is 0.251 e. The van der Waals surface area contributed by atoms with Crippen molar-refractivity contribution in [3.8, 4) is 0 Å². The number of benzene rings is 1. The quantitative estimate of drug-likeness (QED) is 0.926. The number of likely N-dealkylation sites (tertiary alicyclic amines) is 1. The maximum atomic E-state index is 12.4. The average molecular weight is 344 g/mol. The van der Waals surface area contributed by atoms with Crippen LogP contribution in [0.25, 0.3) is 11.0 Å². The molecule has 1 aromatic heterocycles. The molecule has 24 heavy (non-hydrogen) atoms. The molecule has 1 amide bonds. The van der Waals surface area contributed by atoms with Crippen LogP contribution >= 0.6 is 11.7 Å². The Bertz CT molecular complexity index is 702. The Hall–Kier alpha value is -1.53. The first-order valence-electron chi connectivity index (χ1n) is 9.04. The number of carbonyl (C=O) groups excluding carboxylic acids is 1. The SMILES string of the molecule is O=C(NCC1CCN(C2CCCC2)CC1)c1ccc2nsnc2c1. The Morgan fingerprint density at radius 1 is 1.12 bits per heavy atom. The Morgan fingerprint density at radius 2 is 1.88 bits per heavy atom. The molecule has 1 saturated heterocycles. The van der Waals surface area contributed by atoms with Gasteiger partial charge < -0.3 is 10.2 Å². The highest BCUT2D eigenvalue weighted by Crippen LogP contribution is 2.27. The summed E-state index contributed by atoms with van der Waals surface area (Å²) in [6, 6.07) is 6.37. The zero-order chi connectivity index (χ0) is 16.4. The number of piperidine rings is 1. The maximum absolute atomic E-state index is 12.4. The first-order valence-corrected chi connectivity index (χ1v) is 9.77. The van der Waals surface area contributed by atoms with Gasteiger partial charge in [0.1, 0.15) is 11.0 Å². The first kappa shape index (κ1) is 16.0. The van der Waals surface area contributed by atoms with E-state index in [1.54, 1.807) is 0 Å². The lowest BCUT2D eigenvalue weighted by Gasteiger charge is -2.36. The Kier molecular flexibility index (Phi) is 4.76. The van der Waals surface area contributed by atoms with Crippen LogP contribution < -0.4 is 5.32 Å². The van der Waals surface area contributed by atoms with E-state index in [9.17, 15) is 4.79 Å². The van der Waals surface area contributed by atoms with Gasteiger partial charge in [-0.25, -0.2) is 0 Å². The molecule has 128 valence electrons. The van der Waals surface area contributed by atoms with Crippen molar-refractivity contribution in [2.24, 2.45) is 5.92 Å². The second-order valence-electron chi connectivity index (χ2n) is 7.10. The second kappa shape index (κ2) is 7.15. The van der Waals surface area contributed by atoms with Crippen LogP contribution in [0.5, 0.6) is 0 Å². The van der Waals surface area contributed by atoms with E-state index in [2.05, 4.69) is 19.0 Å². The van der Waals surface area contributed by atoms with E-state index in [1.807, 2.05) is 18.2 Å². The monoisotopic (exact) mass is 344 g/mol. The van der Waals surface area contributed by atoms with Crippen LogP contribution in [0.15, 0.2) is 18.2 Å². The lowest BCUT2D eigenvalue weighted by atomic mass is 9.95. The molecule has 2 aromatic rings. The van der Waals surface area contributed by atoms with Crippen LogP contribution in [-0.4, -0.2) is 45.2 Å². The average Bonchev–Trinajstić information content (AvgIpc) is 3.30. The van der Waals surface area contributed by atoms with Crippen molar-refractivity contribution < 1.29 is 4.79 Å². The second-order valence-corrected chi connectivity index (χ2v) is 7.62. The van der Waals surface area contributed by atoms with Crippen molar-refractivity contribution in [2.75, 3.05) is 19.6 Å². The summed E-state index contributed by atoms with van der Waals surface area (Å²) in [6.45, 7) is 3.17. The number of rotatable bonds is 4. The third kappa shape index (κ3) is 3.44. The zero-order valence-electron chi connectivity index (χ0n) is 13.9. The fourth-order valence-corrected chi connectivity index (χ4v) is 4.57. The fourth-order valence-electron chi connectivity index (χ4n) is 4.05. The number of nitrogens with one attached hydrogen (secondary N) is 1. The highest BCUT2D eigenvalue weighted by atomic mass is 32.1. The topological polar surface area (TPSA) is 58.1 Å². The normalized spacial score (nSPS) is 20.7. The van der Waals surface area contributed by atoms with E-state index < -0.39 is 0 Å². The van der Waals surface area contributed by atoms with Crippen LogP contribution in [0.2, 0.25) is 0 Å². The molecule has 1 N–H and O–H groups in total. The molecule has 0 radical (unpaired) electrons. The third-order valence-electron chi connectivity index (χ3n) is 5.56. The number of fused-ring (bicyclic) bond motifs is 1. The van der Waals surface area contributed by atoms with Gasteiger partial charge in [-0.2, -0.15) is 8.75 Å². The summed E-state index contributed by atoms with van der Waals surface area (Å²) in [6.07, 6.45) is 7.97. The van der Waals surface area contributed by atoms with Gasteiger partial charge in [-0.05, 0) is 62.9 Å². The van der Waals surface area contributed by atoms with Crippen molar-refractivity contribution in [1.82, 2.24) is 19.0 Å². The molecule has 1 aliphatic carbocycles. The predicted molar refractivity (Wildman–Crippen MR) is 96.3 cm³/mol. The summed E-state index contributed by atoms with van der Waals surface area (Å²) in [5.74, 6) is 0.611. The molecular formula is C18H24N4OS. The molecule has 2 heterocycles. The van der Waals surface area contributed by atoms with Gasteiger partial charge in [0.15, 0.2) is 0 Å². The summed E-state index contributed by atoms with van der Waals surface area (Å²) in [5.41, 5.74) is 2.34. The van der Waals surface area contributed by atoms with Crippen molar-refractivity contribution in [2.45, 2.75) is 44.6 Å². The number of aromatic nitrogens is 2. The number of nitrogens with zero attached hydrogens (tertiary/aromatic N) is 3. The van der Waals surface area contributed by atoms with E-state index >= 15 is 0 Å². The van der Waals surface area contributed by atoms with E-state index in [0.29, 0.717) is 11.5 Å². The molecule has 0 atom stereocenters. The Balaban J connectivity index is 1.26. The summed E-state index contributed by atoms with van der Waals surface area (Å²) >= 11 is 1.18. The van der Waals surface area contributed by atoms with Gasteiger partial charge in [-0.15, -0.1) is 0 Å². The minimum atomic E-state index is 0.00289. The van der Waals surface area contributed by atoms with Crippen LogP contribution in [0.3, 0.4) is 0 Å². The highest BCUT2D eigenvalue weighted by molar-refractivity contribution is 7.00. The number of hydrogen-bond donors (Lipinski definition) is 1. The largest absolute Gasteiger partial charge is 0.352 e. The molecule has 5 nitrogen and oxygen atoms in total. The lowest BCUT2D eigenvalue weighted by molar-refractivity contribution is 0.0925. The maximum Gasteiger partial charge on any atom is 0.251 e. The Labute approximate surface area is 146 Å². The molecule has 0 unspecified atom stereocenters. The van der Waals surface area contributed by atoms with Gasteiger partial charge in [0.2, 0.25) is 0 Å². The first-order chi connectivity index (χ1) is 11.8. The molecule has 6 heteroatoms. The van der Waals surface area contributed by atoms with Gasteiger partial charge in [-0.1, -0.05) is 12.8 Å². The summed E-state index contributed by atoms with van der Waals surface area (Å²) < 4.78 is 8.38. The summed E-state index contributed by atoms with van der Waals surface area (Å²) in [7, 11) is 0. The standard InChI is InChI=1S/C18H24N4OS/c23-18(14-5-6-16-17(11-14)21-24-20-16)19-12-13-7-9-22(10-8-13)15-3-1-2-4-15/h5-6,11,13,15H,1-4,7-10,12H2,(H,19,23). The van der Waals surface area contributed by atoms with Gasteiger partial charge in [0, 0.05) is 18.2 Å². The molecule has 2 fully saturated rings. The molecular weight excluding hydrogens is 320 g/mol. The zero-order valence-corrected chi connectivity index (χ0v) is 14.7. The van der Waals surface area contributed by atoms with Crippen LogP contribution in [0.4, 0.5) is 0 Å². The van der Waals surface area contributed by atoms with Crippen LogP contribution in [0, 0.1) is 5.92 Å². The van der Waals surface area contributed by atoms with E-state index in [0.717, 1.165) is 23.6 Å². The number of carbonyl (C=O) groups is 1. The molecule has 0 bridgehead atoms. The minimum Gasteiger partial charge on any atom is -0.352 e.